The molecule has 0 unspecified atom stereocenters. The van der Waals surface area contributed by atoms with Crippen LogP contribution in [0.15, 0.2) is 82.6 Å². The number of nitrogens with one attached hydrogen (secondary N) is 1. The number of benzene rings is 3. The van der Waals surface area contributed by atoms with Crippen LogP contribution < -0.4 is 4.72 Å². The molecule has 0 aromatic heterocycles. The SMILES string of the molecule is O=S(=O)([N-]c1cccc(NS(=O)(=O)c2ccc(F)cc2)c1)c1ccc(F)cc1. The third kappa shape index (κ3) is 4.65. The second-order valence-electron chi connectivity index (χ2n) is 5.63. The number of hydrogen-bond donors (Lipinski definition) is 1. The highest BCUT2D eigenvalue weighted by molar-refractivity contribution is 7.94. The van der Waals surface area contributed by atoms with E-state index in [1.807, 2.05) is 0 Å². The monoisotopic (exact) mass is 423 g/mol. The Balaban J connectivity index is 1.82. The minimum atomic E-state index is -4.11. The van der Waals surface area contributed by atoms with E-state index < -0.39 is 31.7 Å². The number of rotatable bonds is 6. The molecule has 3 aromatic rings. The zero-order valence-electron chi connectivity index (χ0n) is 14.1. The number of nitrogens with zero attached hydrogens (tertiary/aromatic N) is 1. The Labute approximate surface area is 160 Å². The molecule has 6 nitrogen and oxygen atoms in total. The maximum Gasteiger partial charge on any atom is 0.261 e. The lowest BCUT2D eigenvalue weighted by Gasteiger charge is -2.22. The maximum atomic E-state index is 13.0. The standard InChI is InChI=1S/C18H13F2N2O4S2/c19-13-4-8-17(9-5-13)27(23,24)21-15-2-1-3-16(12-15)22-28(25,26)18-10-6-14(20)7-11-18/h1-12,21H/q-1. The first-order chi connectivity index (χ1) is 13.2. The van der Waals surface area contributed by atoms with Crippen LogP contribution in [-0.4, -0.2) is 16.8 Å². The molecule has 0 amide bonds. The van der Waals surface area contributed by atoms with Gasteiger partial charge in [0.05, 0.1) is 9.79 Å². The highest BCUT2D eigenvalue weighted by Gasteiger charge is 2.14. The van der Waals surface area contributed by atoms with Crippen molar-refractivity contribution >= 4 is 31.4 Å². The van der Waals surface area contributed by atoms with Crippen molar-refractivity contribution in [1.82, 2.24) is 0 Å². The van der Waals surface area contributed by atoms with Gasteiger partial charge in [0, 0.05) is 5.69 Å². The van der Waals surface area contributed by atoms with Crippen LogP contribution in [-0.2, 0) is 20.0 Å². The van der Waals surface area contributed by atoms with Gasteiger partial charge in [-0.05, 0) is 54.6 Å². The van der Waals surface area contributed by atoms with E-state index in [1.165, 1.54) is 24.3 Å². The van der Waals surface area contributed by atoms with E-state index in [4.69, 9.17) is 0 Å². The Morgan fingerprint density at radius 3 is 1.82 bits per heavy atom. The molecule has 0 bridgehead atoms. The Kier molecular flexibility index (Phi) is 5.34. The fraction of sp³-hybridized carbons (Fsp3) is 0. The summed E-state index contributed by atoms with van der Waals surface area (Å²) in [6, 6.07) is 13.8. The quantitative estimate of drug-likeness (QED) is 0.644. The van der Waals surface area contributed by atoms with Crippen LogP contribution in [0.3, 0.4) is 0 Å². The predicted octanol–water partition coefficient (Wildman–Crippen LogP) is 4.16. The van der Waals surface area contributed by atoms with Gasteiger partial charge in [0.25, 0.3) is 10.0 Å². The first kappa shape index (κ1) is 19.8. The zero-order chi connectivity index (χ0) is 20.4. The lowest BCUT2D eigenvalue weighted by Crippen LogP contribution is -2.12. The van der Waals surface area contributed by atoms with Crippen molar-refractivity contribution in [1.29, 1.82) is 0 Å². The van der Waals surface area contributed by atoms with Crippen LogP contribution in [0.2, 0.25) is 0 Å². The third-order valence-electron chi connectivity index (χ3n) is 3.56. The van der Waals surface area contributed by atoms with E-state index >= 15 is 0 Å². The third-order valence-corrected chi connectivity index (χ3v) is 6.28. The predicted molar refractivity (Wildman–Crippen MR) is 100 cm³/mol. The largest absolute Gasteiger partial charge is 0.573 e. The normalized spacial score (nSPS) is 11.8. The number of hydrogen-bond acceptors (Lipinski definition) is 4. The molecule has 10 heteroatoms. The lowest BCUT2D eigenvalue weighted by molar-refractivity contribution is 0.598. The lowest BCUT2D eigenvalue weighted by atomic mass is 10.3. The van der Waals surface area contributed by atoms with Crippen LogP contribution in [0.1, 0.15) is 0 Å². The van der Waals surface area contributed by atoms with E-state index in [2.05, 4.69) is 9.44 Å². The Morgan fingerprint density at radius 2 is 1.25 bits per heavy atom. The molecule has 0 aliphatic carbocycles. The zero-order valence-corrected chi connectivity index (χ0v) is 15.7. The van der Waals surface area contributed by atoms with Crippen molar-refractivity contribution in [3.8, 4) is 0 Å². The second kappa shape index (κ2) is 7.56. The molecule has 0 saturated carbocycles. The maximum absolute atomic E-state index is 13.0. The first-order valence-corrected chi connectivity index (χ1v) is 10.7. The fourth-order valence-electron chi connectivity index (χ4n) is 2.25. The molecule has 0 aliphatic rings. The molecular weight excluding hydrogens is 410 g/mol. The van der Waals surface area contributed by atoms with Crippen molar-refractivity contribution in [3.63, 3.8) is 0 Å². The van der Waals surface area contributed by atoms with Gasteiger partial charge in [0.2, 0.25) is 0 Å². The topological polar surface area (TPSA) is 94.4 Å². The molecule has 3 aromatic carbocycles. The molecule has 1 N–H and O–H groups in total. The van der Waals surface area contributed by atoms with Gasteiger partial charge in [-0.25, -0.2) is 25.6 Å². The summed E-state index contributed by atoms with van der Waals surface area (Å²) in [5.74, 6) is -1.16. The molecule has 0 aliphatic heterocycles. The molecule has 28 heavy (non-hydrogen) atoms. The first-order valence-electron chi connectivity index (χ1n) is 7.78. The van der Waals surface area contributed by atoms with Crippen LogP contribution in [0.5, 0.6) is 0 Å². The van der Waals surface area contributed by atoms with Crippen molar-refractivity contribution in [2.45, 2.75) is 9.79 Å². The summed E-state index contributed by atoms with van der Waals surface area (Å²) < 4.78 is 81.1. The summed E-state index contributed by atoms with van der Waals surface area (Å²) >= 11 is 0. The van der Waals surface area contributed by atoms with Gasteiger partial charge in [-0.3, -0.25) is 4.72 Å². The van der Waals surface area contributed by atoms with Crippen molar-refractivity contribution in [3.05, 3.63) is 89.2 Å². The van der Waals surface area contributed by atoms with Crippen LogP contribution >= 0.6 is 0 Å². The molecular formula is C18H13F2N2O4S2-. The van der Waals surface area contributed by atoms with Gasteiger partial charge in [0.1, 0.15) is 21.7 Å². The molecule has 0 atom stereocenters. The molecule has 146 valence electrons. The Bertz CT molecular complexity index is 1100. The van der Waals surface area contributed by atoms with Crippen molar-refractivity contribution < 1.29 is 25.6 Å². The van der Waals surface area contributed by atoms with Crippen molar-refractivity contribution in [2.75, 3.05) is 4.72 Å². The summed E-state index contributed by atoms with van der Waals surface area (Å²) in [6.45, 7) is 0. The highest BCUT2D eigenvalue weighted by Crippen LogP contribution is 2.30. The highest BCUT2D eigenvalue weighted by atomic mass is 32.2. The van der Waals surface area contributed by atoms with E-state index in [9.17, 15) is 25.6 Å². The number of halogens is 2. The molecule has 0 radical (unpaired) electrons. The van der Waals surface area contributed by atoms with Crippen LogP contribution in [0, 0.1) is 11.6 Å². The smallest absolute Gasteiger partial charge is 0.261 e. The van der Waals surface area contributed by atoms with E-state index in [0.717, 1.165) is 48.5 Å². The van der Waals surface area contributed by atoms with E-state index in [-0.39, 0.29) is 21.2 Å². The van der Waals surface area contributed by atoms with Gasteiger partial charge < -0.3 is 4.72 Å². The summed E-state index contributed by atoms with van der Waals surface area (Å²) in [4.78, 5) is -0.360. The van der Waals surface area contributed by atoms with Crippen LogP contribution in [0.25, 0.3) is 4.72 Å². The summed E-state index contributed by atoms with van der Waals surface area (Å²) in [7, 11) is -8.10. The number of anilines is 1. The van der Waals surface area contributed by atoms with Gasteiger partial charge in [0.15, 0.2) is 0 Å². The molecule has 0 fully saturated rings. The molecule has 3 rings (SSSR count). The summed E-state index contributed by atoms with van der Waals surface area (Å²) in [6.07, 6.45) is 0. The minimum absolute atomic E-state index is 0.0244. The van der Waals surface area contributed by atoms with Gasteiger partial charge in [-0.2, -0.15) is 0 Å². The Morgan fingerprint density at radius 1 is 0.714 bits per heavy atom. The second-order valence-corrected chi connectivity index (χ2v) is 8.92. The fourth-order valence-corrected chi connectivity index (χ4v) is 4.28. The van der Waals surface area contributed by atoms with Crippen LogP contribution in [0.4, 0.5) is 20.2 Å². The van der Waals surface area contributed by atoms with E-state index in [0.29, 0.717) is 0 Å². The number of sulfonamides is 2. The van der Waals surface area contributed by atoms with Gasteiger partial charge >= 0.3 is 0 Å². The van der Waals surface area contributed by atoms with Gasteiger partial charge in [-0.15, -0.1) is 5.69 Å². The Hall–Kier alpha value is -2.98. The minimum Gasteiger partial charge on any atom is -0.573 e. The van der Waals surface area contributed by atoms with E-state index in [1.54, 1.807) is 0 Å². The van der Waals surface area contributed by atoms with Gasteiger partial charge in [-0.1, -0.05) is 18.2 Å². The molecule has 0 saturated heterocycles. The molecule has 0 spiro atoms. The average Bonchev–Trinajstić information content (AvgIpc) is 2.62. The summed E-state index contributed by atoms with van der Waals surface area (Å²) in [5.41, 5.74) is 0.0449. The average molecular weight is 423 g/mol. The van der Waals surface area contributed by atoms with Crippen molar-refractivity contribution in [2.24, 2.45) is 0 Å². The summed E-state index contributed by atoms with van der Waals surface area (Å²) in [5, 5.41) is 0. The molecule has 0 heterocycles.